The minimum Gasteiger partial charge on any atom is -0.454 e. The zero-order chi connectivity index (χ0) is 23.8. The number of alkyl halides is 5. The average molecular weight is 481 g/mol. The quantitative estimate of drug-likeness (QED) is 0.236. The van der Waals surface area contributed by atoms with Crippen molar-refractivity contribution < 1.29 is 31.5 Å². The molecule has 0 amide bonds. The van der Waals surface area contributed by atoms with E-state index in [4.69, 9.17) is 4.74 Å². The molecular weight excluding hydrogens is 465 g/mol. The maximum atomic E-state index is 13.6. The van der Waals surface area contributed by atoms with Gasteiger partial charge in [-0.2, -0.15) is 22.0 Å². The Balaban J connectivity index is 1.45. The number of carbonyl (C=O) groups is 1. The molecule has 4 rings (SSSR count). The van der Waals surface area contributed by atoms with Crippen LogP contribution in [0.4, 0.5) is 22.0 Å². The third kappa shape index (κ3) is 4.87. The maximum Gasteiger partial charge on any atom is 0.416 e. The molecule has 11 heteroatoms. The molecule has 0 bridgehead atoms. The van der Waals surface area contributed by atoms with Crippen LogP contribution in [0.5, 0.6) is 0 Å². The summed E-state index contributed by atoms with van der Waals surface area (Å²) in [6.07, 6.45) is -5.69. The van der Waals surface area contributed by atoms with Crippen molar-refractivity contribution >= 4 is 28.3 Å². The van der Waals surface area contributed by atoms with Gasteiger partial charge in [0.25, 0.3) is 0 Å². The predicted molar refractivity (Wildman–Crippen MR) is 112 cm³/mol. The van der Waals surface area contributed by atoms with Crippen LogP contribution in [-0.4, -0.2) is 20.5 Å². The van der Waals surface area contributed by atoms with Gasteiger partial charge in [-0.1, -0.05) is 24.3 Å². The molecule has 0 fully saturated rings. The molecule has 0 aliphatic heterocycles. The molecule has 1 atom stereocenters. The lowest BCUT2D eigenvalue weighted by Crippen LogP contribution is -2.16. The third-order valence-corrected chi connectivity index (χ3v) is 5.77. The predicted octanol–water partition coefficient (Wildman–Crippen LogP) is 6.42. The summed E-state index contributed by atoms with van der Waals surface area (Å²) in [6, 6.07) is 10.9. The summed E-state index contributed by atoms with van der Waals surface area (Å²) in [5.74, 6) is -0.775. The average Bonchev–Trinajstić information content (AvgIpc) is 3.37. The number of para-hydroxylation sites is 2. The highest BCUT2D eigenvalue weighted by Crippen LogP contribution is 2.32. The van der Waals surface area contributed by atoms with Crippen LogP contribution in [0.2, 0.25) is 0 Å². The van der Waals surface area contributed by atoms with Gasteiger partial charge < -0.3 is 4.74 Å². The molecule has 1 unspecified atom stereocenters. The van der Waals surface area contributed by atoms with Gasteiger partial charge in [-0.05, 0) is 31.2 Å². The van der Waals surface area contributed by atoms with Gasteiger partial charge in [0.05, 0.1) is 28.7 Å². The van der Waals surface area contributed by atoms with Crippen LogP contribution < -0.4 is 0 Å². The van der Waals surface area contributed by atoms with Gasteiger partial charge in [0.1, 0.15) is 5.01 Å². The van der Waals surface area contributed by atoms with E-state index in [9.17, 15) is 26.7 Å². The Kier molecular flexibility index (Phi) is 6.15. The Hall–Kier alpha value is -3.34. The highest BCUT2D eigenvalue weighted by Gasteiger charge is 2.30. The number of imidazole rings is 1. The molecule has 2 heterocycles. The normalized spacial score (nSPS) is 12.9. The Labute approximate surface area is 188 Å². The number of esters is 1. The molecule has 2 aromatic carbocycles. The summed E-state index contributed by atoms with van der Waals surface area (Å²) in [7, 11) is 0. The molecule has 2 aromatic heterocycles. The molecule has 0 saturated heterocycles. The summed E-state index contributed by atoms with van der Waals surface area (Å²) in [4.78, 5) is 20.8. The number of hydrogen-bond donors (Lipinski definition) is 0. The van der Waals surface area contributed by atoms with E-state index in [1.54, 1.807) is 23.6 Å². The largest absolute Gasteiger partial charge is 0.454 e. The molecule has 5 nitrogen and oxygen atoms in total. The monoisotopic (exact) mass is 481 g/mol. The first kappa shape index (κ1) is 22.8. The maximum absolute atomic E-state index is 13.6. The fourth-order valence-corrected chi connectivity index (χ4v) is 4.14. The Morgan fingerprint density at radius 2 is 1.79 bits per heavy atom. The first-order valence-electron chi connectivity index (χ1n) is 9.70. The highest BCUT2D eigenvalue weighted by atomic mass is 32.1. The van der Waals surface area contributed by atoms with E-state index < -0.39 is 30.4 Å². The SMILES string of the molecule is CC(OC(=O)Cc1csc(-c2ccc(C(F)(F)F)cc2)n1)c1nc2ccccc2n1C(F)F. The third-order valence-electron chi connectivity index (χ3n) is 4.83. The van der Waals surface area contributed by atoms with Crippen molar-refractivity contribution in [3.8, 4) is 10.6 Å². The number of rotatable bonds is 6. The zero-order valence-electron chi connectivity index (χ0n) is 17.0. The minimum absolute atomic E-state index is 0.0803. The number of aromatic nitrogens is 3. The lowest BCUT2D eigenvalue weighted by molar-refractivity contribution is -0.148. The number of halogens is 5. The summed E-state index contributed by atoms with van der Waals surface area (Å²) in [6.45, 7) is -1.41. The van der Waals surface area contributed by atoms with E-state index in [0.29, 0.717) is 21.8 Å². The smallest absolute Gasteiger partial charge is 0.416 e. The fraction of sp³-hybridized carbons (Fsp3) is 0.227. The standard InChI is InChI=1S/C22H16F5N3O2S/c1-12(19-29-16-4-2-3-5-17(16)30(19)21(23)24)32-18(31)10-15-11-33-20(28-15)13-6-8-14(9-7-13)22(25,26)27/h2-9,11-12,21H,10H2,1H3. The van der Waals surface area contributed by atoms with Crippen molar-refractivity contribution in [3.63, 3.8) is 0 Å². The van der Waals surface area contributed by atoms with Crippen LogP contribution in [0.3, 0.4) is 0 Å². The van der Waals surface area contributed by atoms with Crippen LogP contribution in [0.15, 0.2) is 53.9 Å². The number of thiazole rings is 1. The van der Waals surface area contributed by atoms with Crippen molar-refractivity contribution in [2.24, 2.45) is 0 Å². The number of ether oxygens (including phenoxy) is 1. The first-order valence-corrected chi connectivity index (χ1v) is 10.6. The van der Waals surface area contributed by atoms with E-state index in [1.807, 2.05) is 0 Å². The Bertz CT molecular complexity index is 1280. The fourth-order valence-electron chi connectivity index (χ4n) is 3.32. The van der Waals surface area contributed by atoms with Crippen molar-refractivity contribution in [1.82, 2.24) is 14.5 Å². The molecule has 0 aliphatic carbocycles. The van der Waals surface area contributed by atoms with Gasteiger partial charge in [-0.15, -0.1) is 11.3 Å². The van der Waals surface area contributed by atoms with Crippen LogP contribution in [0.1, 0.15) is 36.7 Å². The number of benzene rings is 2. The minimum atomic E-state index is -4.43. The molecule has 172 valence electrons. The molecule has 0 radical (unpaired) electrons. The molecule has 4 aromatic rings. The van der Waals surface area contributed by atoms with E-state index in [2.05, 4.69) is 9.97 Å². The molecule has 0 saturated carbocycles. The van der Waals surface area contributed by atoms with Crippen molar-refractivity contribution in [3.05, 3.63) is 71.0 Å². The summed E-state index contributed by atoms with van der Waals surface area (Å²) in [5.41, 5.74) is 0.652. The second-order valence-corrected chi connectivity index (χ2v) is 7.99. The van der Waals surface area contributed by atoms with Gasteiger partial charge in [-0.25, -0.2) is 9.97 Å². The molecular formula is C22H16F5N3O2S. The van der Waals surface area contributed by atoms with Gasteiger partial charge in [0.2, 0.25) is 0 Å². The van der Waals surface area contributed by atoms with Crippen molar-refractivity contribution in [2.75, 3.05) is 0 Å². The number of hydrogen-bond acceptors (Lipinski definition) is 5. The lowest BCUT2D eigenvalue weighted by Gasteiger charge is -2.14. The lowest BCUT2D eigenvalue weighted by atomic mass is 10.1. The Morgan fingerprint density at radius 1 is 1.09 bits per heavy atom. The van der Waals surface area contributed by atoms with Crippen molar-refractivity contribution in [1.29, 1.82) is 0 Å². The van der Waals surface area contributed by atoms with Crippen LogP contribution in [-0.2, 0) is 22.1 Å². The van der Waals surface area contributed by atoms with E-state index in [1.165, 1.54) is 36.5 Å². The molecule has 0 spiro atoms. The van der Waals surface area contributed by atoms with E-state index in [-0.39, 0.29) is 17.8 Å². The molecule has 33 heavy (non-hydrogen) atoms. The second kappa shape index (κ2) is 8.89. The molecule has 0 aliphatic rings. The van der Waals surface area contributed by atoms with Gasteiger partial charge in [0, 0.05) is 10.9 Å². The van der Waals surface area contributed by atoms with Crippen LogP contribution >= 0.6 is 11.3 Å². The highest BCUT2D eigenvalue weighted by molar-refractivity contribution is 7.13. The number of nitrogens with zero attached hydrogens (tertiary/aromatic N) is 3. The first-order chi connectivity index (χ1) is 15.6. The summed E-state index contributed by atoms with van der Waals surface area (Å²) in [5, 5.41) is 2.03. The van der Waals surface area contributed by atoms with Gasteiger partial charge >= 0.3 is 18.7 Å². The second-order valence-electron chi connectivity index (χ2n) is 7.13. The molecule has 0 N–H and O–H groups in total. The zero-order valence-corrected chi connectivity index (χ0v) is 17.8. The number of carbonyl (C=O) groups excluding carboxylic acids is 1. The van der Waals surface area contributed by atoms with Gasteiger partial charge in [0.15, 0.2) is 11.9 Å². The van der Waals surface area contributed by atoms with Gasteiger partial charge in [-0.3, -0.25) is 9.36 Å². The summed E-state index contributed by atoms with van der Waals surface area (Å²) >= 11 is 1.17. The number of fused-ring (bicyclic) bond motifs is 1. The topological polar surface area (TPSA) is 57.0 Å². The van der Waals surface area contributed by atoms with Crippen LogP contribution in [0, 0.1) is 0 Å². The van der Waals surface area contributed by atoms with E-state index >= 15 is 0 Å². The van der Waals surface area contributed by atoms with E-state index in [0.717, 1.165) is 16.7 Å². The van der Waals surface area contributed by atoms with Crippen molar-refractivity contribution in [2.45, 2.75) is 32.2 Å². The van der Waals surface area contributed by atoms with Crippen LogP contribution in [0.25, 0.3) is 21.6 Å². The Morgan fingerprint density at radius 3 is 2.45 bits per heavy atom. The summed E-state index contributed by atoms with van der Waals surface area (Å²) < 4.78 is 71.4.